The van der Waals surface area contributed by atoms with Gasteiger partial charge in [-0.3, -0.25) is 0 Å². The summed E-state index contributed by atoms with van der Waals surface area (Å²) >= 11 is 52.3. The first-order valence-electron chi connectivity index (χ1n) is 10.6. The van der Waals surface area contributed by atoms with Crippen LogP contribution in [0.15, 0.2) is 48.5 Å². The summed E-state index contributed by atoms with van der Waals surface area (Å²) in [6, 6.07) is 11.1. The molecule has 2 N–H and O–H groups in total. The number of carboxylic acid groups (broad SMARTS) is 2. The second-order valence-corrected chi connectivity index (χ2v) is 10.8. The van der Waals surface area contributed by atoms with Crippen LogP contribution >= 0.6 is 92.8 Å². The zero-order chi connectivity index (χ0) is 29.5. The van der Waals surface area contributed by atoms with Crippen molar-refractivity contribution in [2.24, 2.45) is 0 Å². The number of hydrogen-bond donors (Lipinski definition) is 2. The van der Waals surface area contributed by atoms with Gasteiger partial charge in [-0.25, -0.2) is 9.59 Å². The highest BCUT2D eigenvalue weighted by atomic mass is 35.5. The van der Waals surface area contributed by atoms with E-state index in [0.29, 0.717) is 0 Å². The van der Waals surface area contributed by atoms with Gasteiger partial charge in [0, 0.05) is 11.1 Å². The number of carboxylic acids is 2. The molecular formula is C26H10Cl8O6. The standard InChI is InChI=1S/C26H10Cl8O6/c27-15-14(18(30)23(22(34)19(15)31)39-11-5-1-3-9(7-11)25(35)36)13-16(28)20(32)24(21(33)17(13)29)40-12-6-2-4-10(8-12)26(37)38/h1-8H,(H,35,36)(H,37,38). The smallest absolute Gasteiger partial charge is 0.335 e. The minimum atomic E-state index is -1.18. The fourth-order valence-electron chi connectivity index (χ4n) is 3.46. The maximum absolute atomic E-state index is 11.4. The molecule has 4 rings (SSSR count). The van der Waals surface area contributed by atoms with Crippen molar-refractivity contribution < 1.29 is 29.3 Å². The van der Waals surface area contributed by atoms with Crippen LogP contribution in [0.5, 0.6) is 23.0 Å². The Balaban J connectivity index is 1.88. The fourth-order valence-corrected chi connectivity index (χ4v) is 5.72. The molecule has 0 fully saturated rings. The summed E-state index contributed by atoms with van der Waals surface area (Å²) in [6.45, 7) is 0. The van der Waals surface area contributed by atoms with Crippen molar-refractivity contribution in [1.29, 1.82) is 0 Å². The predicted octanol–water partition coefficient (Wildman–Crippen LogP) is 11.6. The minimum absolute atomic E-state index is 0.0392. The molecule has 0 aliphatic carbocycles. The maximum Gasteiger partial charge on any atom is 0.335 e. The van der Waals surface area contributed by atoms with Crippen molar-refractivity contribution in [3.05, 3.63) is 99.8 Å². The highest BCUT2D eigenvalue weighted by Gasteiger charge is 2.30. The van der Waals surface area contributed by atoms with Crippen molar-refractivity contribution >= 4 is 105 Å². The Morgan fingerprint density at radius 1 is 0.500 bits per heavy atom. The van der Waals surface area contributed by atoms with E-state index in [1.807, 2.05) is 0 Å². The SMILES string of the molecule is O=C(O)c1cccc(Oc2c(Cl)c(Cl)c(-c3c(Cl)c(Cl)c(Cl)c(Oc4cccc(C(=O)O)c4)c3Cl)c(Cl)c2Cl)c1. The zero-order valence-corrected chi connectivity index (χ0v) is 25.2. The van der Waals surface area contributed by atoms with E-state index in [1.54, 1.807) is 0 Å². The van der Waals surface area contributed by atoms with Gasteiger partial charge in [-0.2, -0.15) is 0 Å². The summed E-state index contributed by atoms with van der Waals surface area (Å²) in [5.74, 6) is -2.54. The fraction of sp³-hybridized carbons (Fsp3) is 0. The average Bonchev–Trinajstić information content (AvgIpc) is 2.93. The summed E-state index contributed by atoms with van der Waals surface area (Å²) in [5, 5.41) is 17.0. The molecule has 0 amide bonds. The molecule has 4 aromatic rings. The predicted molar refractivity (Wildman–Crippen MR) is 159 cm³/mol. The van der Waals surface area contributed by atoms with Gasteiger partial charge in [-0.15, -0.1) is 0 Å². The lowest BCUT2D eigenvalue weighted by Crippen LogP contribution is -1.98. The summed E-state index contributed by atoms with van der Waals surface area (Å²) in [5.41, 5.74) is -0.184. The van der Waals surface area contributed by atoms with Gasteiger partial charge < -0.3 is 19.7 Å². The third kappa shape index (κ3) is 5.87. The first-order valence-corrected chi connectivity index (χ1v) is 13.6. The molecule has 40 heavy (non-hydrogen) atoms. The van der Waals surface area contributed by atoms with Gasteiger partial charge in [-0.05, 0) is 36.4 Å². The molecule has 206 valence electrons. The average molecular weight is 702 g/mol. The highest BCUT2D eigenvalue weighted by Crippen LogP contribution is 2.57. The van der Waals surface area contributed by atoms with Crippen LogP contribution in [0.4, 0.5) is 0 Å². The molecule has 0 heterocycles. The maximum atomic E-state index is 11.4. The molecule has 4 aromatic carbocycles. The van der Waals surface area contributed by atoms with Crippen LogP contribution in [-0.4, -0.2) is 22.2 Å². The number of aromatic carboxylic acids is 2. The molecule has 0 aromatic heterocycles. The van der Waals surface area contributed by atoms with E-state index in [-0.39, 0.29) is 85.4 Å². The molecule has 0 aliphatic heterocycles. The third-order valence-electron chi connectivity index (χ3n) is 5.30. The van der Waals surface area contributed by atoms with Crippen LogP contribution in [-0.2, 0) is 0 Å². The molecule has 0 radical (unpaired) electrons. The van der Waals surface area contributed by atoms with Crippen molar-refractivity contribution in [2.75, 3.05) is 0 Å². The van der Waals surface area contributed by atoms with Crippen LogP contribution in [0.1, 0.15) is 20.7 Å². The topological polar surface area (TPSA) is 93.1 Å². The quantitative estimate of drug-likeness (QED) is 0.147. The number of carbonyl (C=O) groups is 2. The van der Waals surface area contributed by atoms with Gasteiger partial charge in [0.25, 0.3) is 0 Å². The number of benzene rings is 4. The monoisotopic (exact) mass is 698 g/mol. The molecule has 0 unspecified atom stereocenters. The van der Waals surface area contributed by atoms with Crippen LogP contribution in [0, 0.1) is 0 Å². The van der Waals surface area contributed by atoms with Gasteiger partial charge in [-0.1, -0.05) is 105 Å². The molecule has 14 heteroatoms. The molecule has 0 aliphatic rings. The Morgan fingerprint density at radius 3 is 1.27 bits per heavy atom. The van der Waals surface area contributed by atoms with Crippen molar-refractivity contribution in [3.8, 4) is 34.1 Å². The Labute approximate surface area is 266 Å². The molecule has 0 atom stereocenters. The highest BCUT2D eigenvalue weighted by molar-refractivity contribution is 6.55. The number of hydrogen-bond acceptors (Lipinski definition) is 4. The Hall–Kier alpha value is -2.26. The van der Waals surface area contributed by atoms with Gasteiger partial charge in [0.1, 0.15) is 26.6 Å². The second kappa shape index (κ2) is 12.3. The summed E-state index contributed by atoms with van der Waals surface area (Å²) in [4.78, 5) is 22.7. The zero-order valence-electron chi connectivity index (χ0n) is 19.2. The number of ether oxygens (including phenoxy) is 2. The number of rotatable bonds is 7. The number of halogens is 8. The first kappa shape index (κ1) is 30.7. The molecular weight excluding hydrogens is 692 g/mol. The summed E-state index contributed by atoms with van der Waals surface area (Å²) < 4.78 is 11.5. The second-order valence-electron chi connectivity index (χ2n) is 7.79. The molecule has 6 nitrogen and oxygen atoms in total. The van der Waals surface area contributed by atoms with Crippen molar-refractivity contribution in [1.82, 2.24) is 0 Å². The molecule has 0 saturated carbocycles. The van der Waals surface area contributed by atoms with Crippen LogP contribution in [0.25, 0.3) is 11.1 Å². The molecule has 0 saturated heterocycles. The van der Waals surface area contributed by atoms with Gasteiger partial charge in [0.2, 0.25) is 0 Å². The first-order chi connectivity index (χ1) is 18.8. The van der Waals surface area contributed by atoms with E-state index >= 15 is 0 Å². The van der Waals surface area contributed by atoms with Crippen molar-refractivity contribution in [2.45, 2.75) is 0 Å². The Kier molecular flexibility index (Phi) is 9.45. The van der Waals surface area contributed by atoms with E-state index < -0.39 is 11.9 Å². The van der Waals surface area contributed by atoms with E-state index in [2.05, 4.69) is 0 Å². The van der Waals surface area contributed by atoms with E-state index in [9.17, 15) is 19.8 Å². The van der Waals surface area contributed by atoms with Gasteiger partial charge >= 0.3 is 11.9 Å². The van der Waals surface area contributed by atoms with Crippen LogP contribution in [0.2, 0.25) is 40.2 Å². The van der Waals surface area contributed by atoms with E-state index in [4.69, 9.17) is 102 Å². The summed E-state index contributed by atoms with van der Waals surface area (Å²) in [6.07, 6.45) is 0. The van der Waals surface area contributed by atoms with Crippen LogP contribution in [0.3, 0.4) is 0 Å². The normalized spacial score (nSPS) is 10.9. The molecule has 0 spiro atoms. The van der Waals surface area contributed by atoms with Gasteiger partial charge in [0.15, 0.2) is 11.5 Å². The molecule has 0 bridgehead atoms. The van der Waals surface area contributed by atoms with E-state index in [1.165, 1.54) is 48.5 Å². The third-order valence-corrected chi connectivity index (χ3v) is 8.64. The lowest BCUT2D eigenvalue weighted by atomic mass is 10.0. The lowest BCUT2D eigenvalue weighted by molar-refractivity contribution is 0.0686. The minimum Gasteiger partial charge on any atom is -0.478 e. The van der Waals surface area contributed by atoms with Crippen molar-refractivity contribution in [3.63, 3.8) is 0 Å². The van der Waals surface area contributed by atoms with Crippen LogP contribution < -0.4 is 9.47 Å². The largest absolute Gasteiger partial charge is 0.478 e. The van der Waals surface area contributed by atoms with Gasteiger partial charge in [0.05, 0.1) is 36.2 Å². The Morgan fingerprint density at radius 2 is 0.850 bits per heavy atom. The lowest BCUT2D eigenvalue weighted by Gasteiger charge is -2.20. The van der Waals surface area contributed by atoms with E-state index in [0.717, 1.165) is 0 Å². The Bertz CT molecular complexity index is 1680. The summed E-state index contributed by atoms with van der Waals surface area (Å²) in [7, 11) is 0.